The fourth-order valence-electron chi connectivity index (χ4n) is 4.06. The number of hydrogen-bond donors (Lipinski definition) is 1. The van der Waals surface area contributed by atoms with E-state index in [2.05, 4.69) is 40.2 Å². The number of rotatable bonds is 5. The Morgan fingerprint density at radius 2 is 2.03 bits per heavy atom. The van der Waals surface area contributed by atoms with E-state index in [0.717, 1.165) is 42.1 Å². The van der Waals surface area contributed by atoms with Gasteiger partial charge in [-0.25, -0.2) is 0 Å². The lowest BCUT2D eigenvalue weighted by Gasteiger charge is -2.11. The molecular weight excluding hydrogens is 374 g/mol. The van der Waals surface area contributed by atoms with E-state index in [1.165, 1.54) is 10.8 Å². The first kappa shape index (κ1) is 19.9. The topological polar surface area (TPSA) is 67.1 Å². The van der Waals surface area contributed by atoms with Crippen LogP contribution in [-0.2, 0) is 9.53 Å². The molecule has 0 radical (unpaired) electrons. The fraction of sp³-hybridized carbons (Fsp3) is 0.280. The second-order valence-electron chi connectivity index (χ2n) is 7.71. The summed E-state index contributed by atoms with van der Waals surface area (Å²) in [6.07, 6.45) is 3.68. The molecule has 152 valence electrons. The number of amides is 1. The molecule has 1 unspecified atom stereocenters. The molecule has 0 bridgehead atoms. The first-order valence-electron chi connectivity index (χ1n) is 10.3. The van der Waals surface area contributed by atoms with Crippen molar-refractivity contribution < 1.29 is 9.53 Å². The lowest BCUT2D eigenvalue weighted by Crippen LogP contribution is -2.32. The lowest BCUT2D eigenvalue weighted by molar-refractivity contribution is -0.117. The molecule has 1 aliphatic rings. The van der Waals surface area contributed by atoms with E-state index in [0.29, 0.717) is 6.54 Å². The van der Waals surface area contributed by atoms with Gasteiger partial charge in [-0.3, -0.25) is 4.79 Å². The second-order valence-corrected chi connectivity index (χ2v) is 7.71. The van der Waals surface area contributed by atoms with E-state index in [9.17, 15) is 10.1 Å². The van der Waals surface area contributed by atoms with Crippen molar-refractivity contribution in [2.75, 3.05) is 13.2 Å². The third kappa shape index (κ3) is 4.00. The van der Waals surface area contributed by atoms with Crippen molar-refractivity contribution in [3.63, 3.8) is 0 Å². The van der Waals surface area contributed by atoms with Gasteiger partial charge in [-0.15, -0.1) is 0 Å². The lowest BCUT2D eigenvalue weighted by atomic mass is 10.1. The molecule has 1 aliphatic heterocycles. The van der Waals surface area contributed by atoms with Crippen LogP contribution >= 0.6 is 0 Å². The van der Waals surface area contributed by atoms with Crippen molar-refractivity contribution in [2.24, 2.45) is 0 Å². The number of fused-ring (bicyclic) bond motifs is 1. The van der Waals surface area contributed by atoms with Gasteiger partial charge in [0, 0.05) is 30.2 Å². The quantitative estimate of drug-likeness (QED) is 0.509. The minimum absolute atomic E-state index is 0.0480. The summed E-state index contributed by atoms with van der Waals surface area (Å²) in [6, 6.07) is 18.7. The van der Waals surface area contributed by atoms with Gasteiger partial charge in [0.15, 0.2) is 0 Å². The van der Waals surface area contributed by atoms with Gasteiger partial charge in [-0.1, -0.05) is 30.3 Å². The molecule has 3 aromatic rings. The van der Waals surface area contributed by atoms with Crippen LogP contribution in [0.2, 0.25) is 0 Å². The highest BCUT2D eigenvalue weighted by molar-refractivity contribution is 6.01. The molecule has 0 saturated carbocycles. The largest absolute Gasteiger partial charge is 0.376 e. The summed E-state index contributed by atoms with van der Waals surface area (Å²) < 4.78 is 7.68. The van der Waals surface area contributed by atoms with Crippen molar-refractivity contribution in [2.45, 2.75) is 32.8 Å². The van der Waals surface area contributed by atoms with E-state index < -0.39 is 0 Å². The summed E-state index contributed by atoms with van der Waals surface area (Å²) in [5.74, 6) is -0.358. The van der Waals surface area contributed by atoms with Gasteiger partial charge >= 0.3 is 0 Å². The Balaban J connectivity index is 1.61. The number of nitrogens with zero attached hydrogens (tertiary/aromatic N) is 2. The average molecular weight is 399 g/mol. The summed E-state index contributed by atoms with van der Waals surface area (Å²) in [6.45, 7) is 5.21. The van der Waals surface area contributed by atoms with Gasteiger partial charge in [0.2, 0.25) is 0 Å². The molecule has 30 heavy (non-hydrogen) atoms. The molecule has 1 fully saturated rings. The predicted molar refractivity (Wildman–Crippen MR) is 118 cm³/mol. The van der Waals surface area contributed by atoms with Crippen LogP contribution in [-0.4, -0.2) is 29.7 Å². The van der Waals surface area contributed by atoms with Crippen LogP contribution in [0, 0.1) is 25.2 Å². The number of ether oxygens (including phenoxy) is 1. The molecule has 1 N–H and O–H groups in total. The van der Waals surface area contributed by atoms with Gasteiger partial charge in [0.25, 0.3) is 5.91 Å². The molecule has 1 amide bonds. The minimum atomic E-state index is -0.358. The van der Waals surface area contributed by atoms with E-state index in [-0.39, 0.29) is 17.6 Å². The van der Waals surface area contributed by atoms with Crippen molar-refractivity contribution in [1.29, 1.82) is 5.26 Å². The summed E-state index contributed by atoms with van der Waals surface area (Å²) in [5.41, 5.74) is 4.06. The highest BCUT2D eigenvalue weighted by Crippen LogP contribution is 2.25. The van der Waals surface area contributed by atoms with Crippen molar-refractivity contribution in [3.05, 3.63) is 71.1 Å². The SMILES string of the molecule is Cc1cc(C=C(C#N)C(=O)NCC2CCCO2)c(C)n1-c1ccc2ccccc2c1. The molecule has 0 spiro atoms. The van der Waals surface area contributed by atoms with Crippen LogP contribution in [0.4, 0.5) is 0 Å². The Hall–Kier alpha value is -3.36. The maximum Gasteiger partial charge on any atom is 0.262 e. The van der Waals surface area contributed by atoms with Crippen LogP contribution in [0.3, 0.4) is 0 Å². The molecule has 2 aromatic carbocycles. The minimum Gasteiger partial charge on any atom is -0.376 e. The van der Waals surface area contributed by atoms with Crippen LogP contribution in [0.5, 0.6) is 0 Å². The maximum atomic E-state index is 12.5. The van der Waals surface area contributed by atoms with Gasteiger partial charge in [-0.2, -0.15) is 5.26 Å². The third-order valence-electron chi connectivity index (χ3n) is 5.64. The zero-order valence-corrected chi connectivity index (χ0v) is 17.3. The summed E-state index contributed by atoms with van der Waals surface area (Å²) >= 11 is 0. The van der Waals surface area contributed by atoms with Crippen molar-refractivity contribution >= 4 is 22.8 Å². The Bertz CT molecular complexity index is 1160. The van der Waals surface area contributed by atoms with E-state index in [1.807, 2.05) is 38.1 Å². The molecule has 1 atom stereocenters. The molecule has 1 saturated heterocycles. The number of carbonyl (C=O) groups is 1. The van der Waals surface area contributed by atoms with Gasteiger partial charge in [0.1, 0.15) is 11.6 Å². The zero-order valence-electron chi connectivity index (χ0n) is 17.3. The van der Waals surface area contributed by atoms with Crippen LogP contribution in [0.15, 0.2) is 54.1 Å². The fourth-order valence-corrected chi connectivity index (χ4v) is 4.06. The number of nitrogens with one attached hydrogen (secondary N) is 1. The van der Waals surface area contributed by atoms with E-state index >= 15 is 0 Å². The molecule has 5 nitrogen and oxygen atoms in total. The van der Waals surface area contributed by atoms with Crippen molar-refractivity contribution in [1.82, 2.24) is 9.88 Å². The molecule has 1 aromatic heterocycles. The van der Waals surface area contributed by atoms with Crippen LogP contribution in [0.25, 0.3) is 22.5 Å². The first-order valence-corrected chi connectivity index (χ1v) is 10.3. The first-order chi connectivity index (χ1) is 14.6. The normalized spacial score (nSPS) is 16.6. The Morgan fingerprint density at radius 1 is 1.23 bits per heavy atom. The monoisotopic (exact) mass is 399 g/mol. The van der Waals surface area contributed by atoms with Gasteiger partial charge in [-0.05, 0) is 67.3 Å². The Morgan fingerprint density at radius 3 is 2.77 bits per heavy atom. The predicted octanol–water partition coefficient (Wildman–Crippen LogP) is 4.45. The Labute approximate surface area is 176 Å². The number of carbonyl (C=O) groups excluding carboxylic acids is 1. The smallest absolute Gasteiger partial charge is 0.262 e. The number of aromatic nitrogens is 1. The van der Waals surface area contributed by atoms with Crippen molar-refractivity contribution in [3.8, 4) is 11.8 Å². The van der Waals surface area contributed by atoms with E-state index in [1.54, 1.807) is 6.08 Å². The zero-order chi connectivity index (χ0) is 21.1. The standard InChI is InChI=1S/C25H25N3O2/c1-17-12-21(13-22(15-26)25(29)27-16-24-8-5-11-30-24)18(2)28(17)23-10-9-19-6-3-4-7-20(19)14-23/h3-4,6-7,9-10,12-14,24H,5,8,11,16H2,1-2H3,(H,27,29). The van der Waals surface area contributed by atoms with Gasteiger partial charge in [0.05, 0.1) is 6.10 Å². The molecular formula is C25H25N3O2. The summed E-state index contributed by atoms with van der Waals surface area (Å²) in [4.78, 5) is 12.5. The van der Waals surface area contributed by atoms with Gasteiger partial charge < -0.3 is 14.6 Å². The molecule has 0 aliphatic carbocycles. The second kappa shape index (κ2) is 8.56. The van der Waals surface area contributed by atoms with Crippen LogP contribution < -0.4 is 5.32 Å². The molecule has 2 heterocycles. The highest BCUT2D eigenvalue weighted by Gasteiger charge is 2.18. The molecule has 5 heteroatoms. The van der Waals surface area contributed by atoms with Crippen LogP contribution in [0.1, 0.15) is 29.8 Å². The Kier molecular flexibility index (Phi) is 5.69. The average Bonchev–Trinajstić information content (AvgIpc) is 3.37. The number of aryl methyl sites for hydroxylation is 1. The molecule has 4 rings (SSSR count). The third-order valence-corrected chi connectivity index (χ3v) is 5.64. The number of nitriles is 1. The summed E-state index contributed by atoms with van der Waals surface area (Å²) in [5, 5.41) is 14.7. The number of benzene rings is 2. The van der Waals surface area contributed by atoms with E-state index in [4.69, 9.17) is 4.74 Å². The number of hydrogen-bond acceptors (Lipinski definition) is 3. The highest BCUT2D eigenvalue weighted by atomic mass is 16.5. The maximum absolute atomic E-state index is 12.5. The summed E-state index contributed by atoms with van der Waals surface area (Å²) in [7, 11) is 0.